The van der Waals surface area contributed by atoms with Crippen LogP contribution in [-0.2, 0) is 0 Å². The van der Waals surface area contributed by atoms with Gasteiger partial charge in [0.15, 0.2) is 5.82 Å². The quantitative estimate of drug-likeness (QED) is 0.915. The number of aromatic amines is 1. The number of benzene rings is 1. The molecule has 2 aromatic rings. The average Bonchev–Trinajstić information content (AvgIpc) is 2.97. The van der Waals surface area contributed by atoms with Crippen LogP contribution in [0.25, 0.3) is 11.4 Å². The smallest absolute Gasteiger partial charge is 0.245 e. The lowest BCUT2D eigenvalue weighted by Gasteiger charge is -2.30. The van der Waals surface area contributed by atoms with Crippen LogP contribution >= 0.6 is 11.6 Å². The van der Waals surface area contributed by atoms with Gasteiger partial charge in [-0.05, 0) is 44.5 Å². The maximum atomic E-state index is 6.29. The van der Waals surface area contributed by atoms with E-state index in [0.717, 1.165) is 48.8 Å². The van der Waals surface area contributed by atoms with E-state index in [-0.39, 0.29) is 0 Å². The Kier molecular flexibility index (Phi) is 4.12. The van der Waals surface area contributed by atoms with Gasteiger partial charge in [-0.15, -0.1) is 5.10 Å². The SMILES string of the molecule is CNC1CCN(c2n[nH]c(-c3ccc(C)cc3Cl)n2)CC1. The molecule has 1 fully saturated rings. The maximum absolute atomic E-state index is 6.29. The molecule has 21 heavy (non-hydrogen) atoms. The standard InChI is InChI=1S/C15H20ClN5/c1-10-3-4-12(13(16)9-10)14-18-15(20-19-14)21-7-5-11(17-2)6-8-21/h3-4,9,11,17H,5-8H2,1-2H3,(H,18,19,20). The highest BCUT2D eigenvalue weighted by molar-refractivity contribution is 6.33. The zero-order valence-electron chi connectivity index (χ0n) is 12.4. The third kappa shape index (κ3) is 3.04. The first-order valence-corrected chi connectivity index (χ1v) is 7.66. The Balaban J connectivity index is 1.77. The second-order valence-corrected chi connectivity index (χ2v) is 5.92. The Morgan fingerprint density at radius 3 is 2.76 bits per heavy atom. The van der Waals surface area contributed by atoms with Gasteiger partial charge in [-0.3, -0.25) is 5.10 Å². The Labute approximate surface area is 129 Å². The lowest BCUT2D eigenvalue weighted by Crippen LogP contribution is -2.41. The van der Waals surface area contributed by atoms with E-state index >= 15 is 0 Å². The van der Waals surface area contributed by atoms with Gasteiger partial charge in [0.05, 0.1) is 5.02 Å². The Morgan fingerprint density at radius 1 is 1.33 bits per heavy atom. The van der Waals surface area contributed by atoms with E-state index in [0.29, 0.717) is 11.1 Å². The van der Waals surface area contributed by atoms with Crippen molar-refractivity contribution in [2.75, 3.05) is 25.0 Å². The third-order valence-electron chi connectivity index (χ3n) is 4.04. The van der Waals surface area contributed by atoms with E-state index in [1.165, 1.54) is 0 Å². The molecule has 0 amide bonds. The number of rotatable bonds is 3. The van der Waals surface area contributed by atoms with Crippen molar-refractivity contribution < 1.29 is 0 Å². The second-order valence-electron chi connectivity index (χ2n) is 5.52. The van der Waals surface area contributed by atoms with Crippen LogP contribution < -0.4 is 10.2 Å². The fourth-order valence-corrected chi connectivity index (χ4v) is 3.02. The van der Waals surface area contributed by atoms with E-state index < -0.39 is 0 Å². The van der Waals surface area contributed by atoms with E-state index in [2.05, 4.69) is 25.4 Å². The van der Waals surface area contributed by atoms with Gasteiger partial charge in [-0.1, -0.05) is 17.7 Å². The average molecular weight is 306 g/mol. The summed E-state index contributed by atoms with van der Waals surface area (Å²) < 4.78 is 0. The molecular weight excluding hydrogens is 286 g/mol. The first-order valence-electron chi connectivity index (χ1n) is 7.28. The molecule has 1 aliphatic rings. The predicted octanol–water partition coefficient (Wildman–Crippen LogP) is 2.62. The van der Waals surface area contributed by atoms with Crippen LogP contribution in [0.2, 0.25) is 5.02 Å². The summed E-state index contributed by atoms with van der Waals surface area (Å²) in [5.41, 5.74) is 2.03. The molecule has 1 aliphatic heterocycles. The molecule has 112 valence electrons. The summed E-state index contributed by atoms with van der Waals surface area (Å²) in [7, 11) is 2.02. The highest BCUT2D eigenvalue weighted by atomic mass is 35.5. The van der Waals surface area contributed by atoms with E-state index in [1.54, 1.807) is 0 Å². The van der Waals surface area contributed by atoms with Gasteiger partial charge in [-0.25, -0.2) is 0 Å². The van der Waals surface area contributed by atoms with Crippen molar-refractivity contribution in [2.45, 2.75) is 25.8 Å². The molecule has 1 aromatic carbocycles. The van der Waals surface area contributed by atoms with Gasteiger partial charge >= 0.3 is 0 Å². The summed E-state index contributed by atoms with van der Waals surface area (Å²) in [6, 6.07) is 6.56. The predicted molar refractivity (Wildman–Crippen MR) is 85.9 cm³/mol. The highest BCUT2D eigenvalue weighted by Gasteiger charge is 2.21. The molecule has 0 spiro atoms. The molecule has 2 heterocycles. The molecule has 1 aromatic heterocycles. The number of H-pyrrole nitrogens is 1. The van der Waals surface area contributed by atoms with Crippen molar-refractivity contribution >= 4 is 17.5 Å². The second kappa shape index (κ2) is 6.03. The zero-order chi connectivity index (χ0) is 14.8. The maximum Gasteiger partial charge on any atom is 0.245 e. The highest BCUT2D eigenvalue weighted by Crippen LogP contribution is 2.27. The normalized spacial score (nSPS) is 16.4. The number of hydrogen-bond acceptors (Lipinski definition) is 4. The first-order chi connectivity index (χ1) is 10.2. The zero-order valence-corrected chi connectivity index (χ0v) is 13.1. The van der Waals surface area contributed by atoms with Gasteiger partial charge in [-0.2, -0.15) is 4.98 Å². The minimum absolute atomic E-state index is 0.603. The van der Waals surface area contributed by atoms with Gasteiger partial charge < -0.3 is 10.2 Å². The monoisotopic (exact) mass is 305 g/mol. The van der Waals surface area contributed by atoms with Gasteiger partial charge in [0.2, 0.25) is 5.95 Å². The van der Waals surface area contributed by atoms with Crippen LogP contribution in [-0.4, -0.2) is 41.4 Å². The van der Waals surface area contributed by atoms with Crippen molar-refractivity contribution in [2.24, 2.45) is 0 Å². The molecule has 0 unspecified atom stereocenters. The molecular formula is C15H20ClN5. The number of hydrogen-bond donors (Lipinski definition) is 2. The number of piperidine rings is 1. The molecule has 0 radical (unpaired) electrons. The van der Waals surface area contributed by atoms with Crippen molar-refractivity contribution in [1.82, 2.24) is 20.5 Å². The summed E-state index contributed by atoms with van der Waals surface area (Å²) in [6.07, 6.45) is 2.23. The van der Waals surface area contributed by atoms with Gasteiger partial charge in [0.1, 0.15) is 0 Å². The van der Waals surface area contributed by atoms with Crippen LogP contribution in [0.15, 0.2) is 18.2 Å². The molecule has 0 aliphatic carbocycles. The van der Waals surface area contributed by atoms with Crippen LogP contribution in [0.3, 0.4) is 0 Å². The minimum atomic E-state index is 0.603. The summed E-state index contributed by atoms with van der Waals surface area (Å²) in [4.78, 5) is 6.82. The number of aromatic nitrogens is 3. The van der Waals surface area contributed by atoms with Crippen molar-refractivity contribution in [3.8, 4) is 11.4 Å². The molecule has 3 rings (SSSR count). The summed E-state index contributed by atoms with van der Waals surface area (Å²) in [6.45, 7) is 3.97. The fraction of sp³-hybridized carbons (Fsp3) is 0.467. The van der Waals surface area contributed by atoms with E-state index in [1.807, 2.05) is 32.2 Å². The molecule has 0 saturated carbocycles. The molecule has 6 heteroatoms. The Bertz CT molecular complexity index is 616. The number of halogens is 1. The van der Waals surface area contributed by atoms with Gasteiger partial charge in [0.25, 0.3) is 0 Å². The molecule has 0 bridgehead atoms. The third-order valence-corrected chi connectivity index (χ3v) is 4.35. The van der Waals surface area contributed by atoms with Crippen molar-refractivity contribution in [3.63, 3.8) is 0 Å². The first kappa shape index (κ1) is 14.4. The van der Waals surface area contributed by atoms with Crippen LogP contribution in [0.5, 0.6) is 0 Å². The van der Waals surface area contributed by atoms with Gasteiger partial charge in [0, 0.05) is 24.7 Å². The molecule has 5 nitrogen and oxygen atoms in total. The minimum Gasteiger partial charge on any atom is -0.339 e. The summed E-state index contributed by atoms with van der Waals surface area (Å²) >= 11 is 6.29. The summed E-state index contributed by atoms with van der Waals surface area (Å²) in [5, 5.41) is 11.4. The topological polar surface area (TPSA) is 56.8 Å². The Morgan fingerprint density at radius 2 is 2.10 bits per heavy atom. The van der Waals surface area contributed by atoms with Crippen LogP contribution in [0.4, 0.5) is 5.95 Å². The van der Waals surface area contributed by atoms with Crippen LogP contribution in [0.1, 0.15) is 18.4 Å². The largest absolute Gasteiger partial charge is 0.339 e. The number of nitrogens with zero attached hydrogens (tertiary/aromatic N) is 3. The molecule has 0 atom stereocenters. The van der Waals surface area contributed by atoms with E-state index in [9.17, 15) is 0 Å². The van der Waals surface area contributed by atoms with Crippen LogP contribution in [0, 0.1) is 6.92 Å². The number of aryl methyl sites for hydroxylation is 1. The van der Waals surface area contributed by atoms with E-state index in [4.69, 9.17) is 11.6 Å². The Hall–Kier alpha value is -1.59. The van der Waals surface area contributed by atoms with Crippen molar-refractivity contribution in [3.05, 3.63) is 28.8 Å². The van der Waals surface area contributed by atoms with Crippen molar-refractivity contribution in [1.29, 1.82) is 0 Å². The number of anilines is 1. The molecule has 2 N–H and O–H groups in total. The fourth-order valence-electron chi connectivity index (χ4n) is 2.70. The number of nitrogens with one attached hydrogen (secondary N) is 2. The molecule has 1 saturated heterocycles. The lowest BCUT2D eigenvalue weighted by molar-refractivity contribution is 0.439. The lowest BCUT2D eigenvalue weighted by atomic mass is 10.1. The summed E-state index contributed by atoms with van der Waals surface area (Å²) in [5.74, 6) is 1.49.